The molecule has 4 heteroatoms. The number of aliphatic carboxylic acids is 1. The summed E-state index contributed by atoms with van der Waals surface area (Å²) < 4.78 is 15.0. The van der Waals surface area contributed by atoms with Crippen LogP contribution in [0.5, 0.6) is 0 Å². The summed E-state index contributed by atoms with van der Waals surface area (Å²) in [5.74, 6) is -1.10. The molecule has 1 atom stereocenters. The van der Waals surface area contributed by atoms with Gasteiger partial charge in [0.1, 0.15) is 11.9 Å². The van der Waals surface area contributed by atoms with Gasteiger partial charge in [0.2, 0.25) is 0 Å². The van der Waals surface area contributed by atoms with E-state index >= 15 is 0 Å². The van der Waals surface area contributed by atoms with E-state index in [4.69, 9.17) is 0 Å². The Labute approximate surface area is 97.5 Å². The zero-order valence-corrected chi connectivity index (χ0v) is 9.19. The second kappa shape index (κ2) is 3.58. The standard InChI is InChI=1S/C13H12FNO2/c14-9-4-5-11-8(6-9)7-10-2-1-3-12(13(16)17)15(10)11/h4-7,12H,1-3H2,(H,16,17). The minimum atomic E-state index is -0.812. The van der Waals surface area contributed by atoms with Crippen LogP contribution in [-0.2, 0) is 11.2 Å². The molecule has 0 bridgehead atoms. The summed E-state index contributed by atoms with van der Waals surface area (Å²) >= 11 is 0. The number of rotatable bonds is 1. The molecule has 1 aromatic heterocycles. The number of benzene rings is 1. The molecule has 0 fully saturated rings. The van der Waals surface area contributed by atoms with Crippen LogP contribution in [-0.4, -0.2) is 15.6 Å². The molecule has 0 saturated heterocycles. The van der Waals surface area contributed by atoms with Gasteiger partial charge in [-0.05, 0) is 43.5 Å². The van der Waals surface area contributed by atoms with Gasteiger partial charge in [-0.25, -0.2) is 9.18 Å². The Morgan fingerprint density at radius 2 is 2.24 bits per heavy atom. The summed E-state index contributed by atoms with van der Waals surface area (Å²) in [4.78, 5) is 11.2. The molecule has 0 amide bonds. The molecule has 88 valence electrons. The normalized spacial score (nSPS) is 19.2. The van der Waals surface area contributed by atoms with Crippen LogP contribution in [0.15, 0.2) is 24.3 Å². The molecule has 0 aliphatic carbocycles. The third-order valence-corrected chi connectivity index (χ3v) is 3.39. The van der Waals surface area contributed by atoms with Crippen molar-refractivity contribution in [2.75, 3.05) is 0 Å². The van der Waals surface area contributed by atoms with Crippen LogP contribution in [0.2, 0.25) is 0 Å². The molecule has 2 aromatic rings. The summed E-state index contributed by atoms with van der Waals surface area (Å²) in [5, 5.41) is 10.0. The van der Waals surface area contributed by atoms with Crippen molar-refractivity contribution in [3.63, 3.8) is 0 Å². The summed E-state index contributed by atoms with van der Waals surface area (Å²) in [6.07, 6.45) is 2.37. The Bertz CT molecular complexity index is 603. The fraction of sp³-hybridized carbons (Fsp3) is 0.308. The van der Waals surface area contributed by atoms with Crippen molar-refractivity contribution in [3.05, 3.63) is 35.8 Å². The predicted octanol–water partition coefficient (Wildman–Crippen LogP) is 2.74. The van der Waals surface area contributed by atoms with E-state index < -0.39 is 12.0 Å². The lowest BCUT2D eigenvalue weighted by atomic mass is 10.0. The largest absolute Gasteiger partial charge is 0.480 e. The highest BCUT2D eigenvalue weighted by atomic mass is 19.1. The number of fused-ring (bicyclic) bond motifs is 3. The van der Waals surface area contributed by atoms with E-state index in [1.54, 1.807) is 6.07 Å². The summed E-state index contributed by atoms with van der Waals surface area (Å²) in [6, 6.07) is 5.88. The molecule has 0 saturated carbocycles. The van der Waals surface area contributed by atoms with Gasteiger partial charge >= 0.3 is 5.97 Å². The van der Waals surface area contributed by atoms with E-state index in [1.165, 1.54) is 12.1 Å². The molecule has 1 unspecified atom stereocenters. The molecule has 0 spiro atoms. The first-order chi connectivity index (χ1) is 8.16. The first-order valence-corrected chi connectivity index (χ1v) is 5.69. The average Bonchev–Trinajstić information content (AvgIpc) is 2.65. The predicted molar refractivity (Wildman–Crippen MR) is 61.5 cm³/mol. The maximum Gasteiger partial charge on any atom is 0.326 e. The van der Waals surface area contributed by atoms with E-state index in [0.29, 0.717) is 6.42 Å². The fourth-order valence-electron chi connectivity index (χ4n) is 2.66. The number of halogens is 1. The lowest BCUT2D eigenvalue weighted by Gasteiger charge is -2.23. The second-order valence-corrected chi connectivity index (χ2v) is 4.46. The number of aromatic nitrogens is 1. The van der Waals surface area contributed by atoms with E-state index in [2.05, 4.69) is 0 Å². The van der Waals surface area contributed by atoms with Crippen LogP contribution in [0.3, 0.4) is 0 Å². The highest BCUT2D eigenvalue weighted by Gasteiger charge is 2.27. The monoisotopic (exact) mass is 233 g/mol. The summed E-state index contributed by atoms with van der Waals surface area (Å²) in [5.41, 5.74) is 1.80. The van der Waals surface area contributed by atoms with E-state index in [9.17, 15) is 14.3 Å². The van der Waals surface area contributed by atoms with Crippen LogP contribution in [0, 0.1) is 5.82 Å². The molecule has 2 heterocycles. The van der Waals surface area contributed by atoms with Crippen LogP contribution in [0.4, 0.5) is 4.39 Å². The highest BCUT2D eigenvalue weighted by molar-refractivity contribution is 5.84. The van der Waals surface area contributed by atoms with Crippen molar-refractivity contribution in [3.8, 4) is 0 Å². The van der Waals surface area contributed by atoms with Gasteiger partial charge in [-0.3, -0.25) is 0 Å². The van der Waals surface area contributed by atoms with Gasteiger partial charge in [0.15, 0.2) is 0 Å². The smallest absolute Gasteiger partial charge is 0.326 e. The molecular weight excluding hydrogens is 221 g/mol. The van der Waals surface area contributed by atoms with E-state index in [0.717, 1.165) is 29.4 Å². The SMILES string of the molecule is O=C(O)C1CCCc2cc3cc(F)ccc3n21. The summed E-state index contributed by atoms with van der Waals surface area (Å²) in [6.45, 7) is 0. The Morgan fingerprint density at radius 1 is 1.41 bits per heavy atom. The molecule has 1 N–H and O–H groups in total. The molecule has 1 aromatic carbocycles. The molecule has 0 radical (unpaired) electrons. The molecule has 1 aliphatic heterocycles. The third-order valence-electron chi connectivity index (χ3n) is 3.39. The second-order valence-electron chi connectivity index (χ2n) is 4.46. The van der Waals surface area contributed by atoms with Crippen LogP contribution in [0.25, 0.3) is 10.9 Å². The lowest BCUT2D eigenvalue weighted by Crippen LogP contribution is -2.24. The number of hydrogen-bond donors (Lipinski definition) is 1. The number of hydrogen-bond acceptors (Lipinski definition) is 1. The molecular formula is C13H12FNO2. The maximum atomic E-state index is 13.1. The van der Waals surface area contributed by atoms with Gasteiger partial charge in [-0.15, -0.1) is 0 Å². The van der Waals surface area contributed by atoms with Gasteiger partial charge in [-0.2, -0.15) is 0 Å². The fourth-order valence-corrected chi connectivity index (χ4v) is 2.66. The number of aryl methyl sites for hydroxylation is 1. The van der Waals surface area contributed by atoms with Gasteiger partial charge in [-0.1, -0.05) is 0 Å². The van der Waals surface area contributed by atoms with Crippen molar-refractivity contribution >= 4 is 16.9 Å². The lowest BCUT2D eigenvalue weighted by molar-refractivity contribution is -0.141. The molecule has 1 aliphatic rings. The molecule has 3 nitrogen and oxygen atoms in total. The number of nitrogens with zero attached hydrogens (tertiary/aromatic N) is 1. The Kier molecular flexibility index (Phi) is 2.18. The topological polar surface area (TPSA) is 42.2 Å². The van der Waals surface area contributed by atoms with Crippen LogP contribution in [0.1, 0.15) is 24.6 Å². The van der Waals surface area contributed by atoms with Crippen LogP contribution >= 0.6 is 0 Å². The van der Waals surface area contributed by atoms with Crippen molar-refractivity contribution in [2.45, 2.75) is 25.3 Å². The van der Waals surface area contributed by atoms with Gasteiger partial charge in [0.25, 0.3) is 0 Å². The minimum absolute atomic E-state index is 0.285. The Balaban J connectivity index is 2.27. The zero-order chi connectivity index (χ0) is 12.0. The van der Waals surface area contributed by atoms with Crippen molar-refractivity contribution in [1.29, 1.82) is 0 Å². The van der Waals surface area contributed by atoms with E-state index in [1.807, 2.05) is 10.6 Å². The zero-order valence-electron chi connectivity index (χ0n) is 9.19. The van der Waals surface area contributed by atoms with Crippen molar-refractivity contribution in [1.82, 2.24) is 4.57 Å². The average molecular weight is 233 g/mol. The highest BCUT2D eigenvalue weighted by Crippen LogP contribution is 2.32. The van der Waals surface area contributed by atoms with Gasteiger partial charge < -0.3 is 9.67 Å². The molecule has 17 heavy (non-hydrogen) atoms. The van der Waals surface area contributed by atoms with Gasteiger partial charge in [0.05, 0.1) is 0 Å². The number of carboxylic acids is 1. The van der Waals surface area contributed by atoms with Crippen molar-refractivity contribution < 1.29 is 14.3 Å². The maximum absolute atomic E-state index is 13.1. The molecule has 3 rings (SSSR count). The third kappa shape index (κ3) is 1.52. The quantitative estimate of drug-likeness (QED) is 0.822. The Morgan fingerprint density at radius 3 is 3.00 bits per heavy atom. The Hall–Kier alpha value is -1.84. The first-order valence-electron chi connectivity index (χ1n) is 5.69. The number of carbonyl (C=O) groups is 1. The minimum Gasteiger partial charge on any atom is -0.480 e. The summed E-state index contributed by atoms with van der Waals surface area (Å²) in [7, 11) is 0. The van der Waals surface area contributed by atoms with Crippen LogP contribution < -0.4 is 0 Å². The first kappa shape index (κ1) is 10.3. The number of carboxylic acid groups (broad SMARTS) is 1. The van der Waals surface area contributed by atoms with Crippen molar-refractivity contribution in [2.24, 2.45) is 0 Å². The van der Waals surface area contributed by atoms with E-state index in [-0.39, 0.29) is 5.82 Å². The van der Waals surface area contributed by atoms with Gasteiger partial charge in [0, 0.05) is 16.6 Å².